The van der Waals surface area contributed by atoms with Crippen LogP contribution in [-0.2, 0) is 16.4 Å². The predicted octanol–water partition coefficient (Wildman–Crippen LogP) is 4.14. The van der Waals surface area contributed by atoms with E-state index in [1.165, 1.54) is 16.8 Å². The second-order valence-electron chi connectivity index (χ2n) is 6.43. The molecule has 0 amide bonds. The first-order chi connectivity index (χ1) is 11.1. The molecule has 3 nitrogen and oxygen atoms in total. The van der Waals surface area contributed by atoms with Crippen molar-refractivity contribution in [1.82, 2.24) is 3.97 Å². The van der Waals surface area contributed by atoms with Crippen molar-refractivity contribution in [3.63, 3.8) is 0 Å². The fourth-order valence-electron chi connectivity index (χ4n) is 3.04. The molecule has 0 atom stereocenters. The Labute approximate surface area is 136 Å². The van der Waals surface area contributed by atoms with Gasteiger partial charge in [-0.15, -0.1) is 0 Å². The minimum atomic E-state index is -3.56. The second kappa shape index (κ2) is 5.24. The number of hydrogen-bond donors (Lipinski definition) is 0. The Bertz CT molecular complexity index is 964. The highest BCUT2D eigenvalue weighted by atomic mass is 32.2. The lowest BCUT2D eigenvalue weighted by molar-refractivity contribution is 0.589. The van der Waals surface area contributed by atoms with E-state index in [9.17, 15) is 8.42 Å². The number of hydrogen-bond acceptors (Lipinski definition) is 2. The van der Waals surface area contributed by atoms with Gasteiger partial charge in [0.05, 0.1) is 10.4 Å². The zero-order chi connectivity index (χ0) is 16.0. The molecule has 4 heteroatoms. The molecular formula is C19H19NO2S. The summed E-state index contributed by atoms with van der Waals surface area (Å²) >= 11 is 0. The van der Waals surface area contributed by atoms with Gasteiger partial charge in [0.15, 0.2) is 0 Å². The van der Waals surface area contributed by atoms with Crippen LogP contribution in [-0.4, -0.2) is 12.4 Å². The van der Waals surface area contributed by atoms with Gasteiger partial charge in [0, 0.05) is 11.6 Å². The summed E-state index contributed by atoms with van der Waals surface area (Å²) < 4.78 is 27.5. The largest absolute Gasteiger partial charge is 0.268 e. The van der Waals surface area contributed by atoms with Gasteiger partial charge in [0.25, 0.3) is 10.0 Å². The maximum absolute atomic E-state index is 13.0. The van der Waals surface area contributed by atoms with Gasteiger partial charge in [-0.25, -0.2) is 12.4 Å². The molecule has 0 N–H and O–H groups in total. The van der Waals surface area contributed by atoms with Crippen molar-refractivity contribution in [1.29, 1.82) is 0 Å². The highest BCUT2D eigenvalue weighted by molar-refractivity contribution is 7.90. The third-order valence-corrected chi connectivity index (χ3v) is 6.23. The highest BCUT2D eigenvalue weighted by Gasteiger charge is 2.26. The zero-order valence-corrected chi connectivity index (χ0v) is 13.9. The maximum Gasteiger partial charge on any atom is 0.268 e. The highest BCUT2D eigenvalue weighted by Crippen LogP contribution is 2.36. The Morgan fingerprint density at radius 3 is 2.43 bits per heavy atom. The van der Waals surface area contributed by atoms with E-state index in [1.54, 1.807) is 12.1 Å². The van der Waals surface area contributed by atoms with E-state index in [0.29, 0.717) is 4.90 Å². The van der Waals surface area contributed by atoms with Gasteiger partial charge < -0.3 is 0 Å². The summed E-state index contributed by atoms with van der Waals surface area (Å²) in [6, 6.07) is 14.8. The van der Waals surface area contributed by atoms with Crippen molar-refractivity contribution in [3.05, 3.63) is 65.9 Å². The molecule has 0 spiro atoms. The number of aromatic nitrogens is 1. The first-order valence-electron chi connectivity index (χ1n) is 7.97. The molecule has 3 aromatic rings. The van der Waals surface area contributed by atoms with Crippen LogP contribution >= 0.6 is 0 Å². The molecule has 0 saturated heterocycles. The number of rotatable bonds is 4. The van der Waals surface area contributed by atoms with E-state index < -0.39 is 10.0 Å². The lowest BCUT2D eigenvalue weighted by atomic mass is 10.1. The van der Waals surface area contributed by atoms with Crippen LogP contribution in [0.3, 0.4) is 0 Å². The Kier molecular flexibility index (Phi) is 3.31. The topological polar surface area (TPSA) is 39.1 Å². The molecule has 23 heavy (non-hydrogen) atoms. The van der Waals surface area contributed by atoms with Crippen LogP contribution < -0.4 is 0 Å². The van der Waals surface area contributed by atoms with Crippen LogP contribution in [0.15, 0.2) is 59.6 Å². The molecule has 1 saturated carbocycles. The van der Waals surface area contributed by atoms with E-state index in [4.69, 9.17) is 0 Å². The SMILES string of the molecule is Cc1ccc(S(=O)(=O)n2cc(CC3CC3)c3ccccc32)cc1. The summed E-state index contributed by atoms with van der Waals surface area (Å²) in [4.78, 5) is 0.335. The third kappa shape index (κ3) is 2.57. The Hall–Kier alpha value is -2.07. The summed E-state index contributed by atoms with van der Waals surface area (Å²) in [5.74, 6) is 0.719. The van der Waals surface area contributed by atoms with Crippen LogP contribution in [0.4, 0.5) is 0 Å². The van der Waals surface area contributed by atoms with Crippen molar-refractivity contribution in [2.45, 2.75) is 31.1 Å². The molecule has 0 radical (unpaired) electrons. The van der Waals surface area contributed by atoms with Gasteiger partial charge in [0.2, 0.25) is 0 Å². The smallest absolute Gasteiger partial charge is 0.241 e. The number of aryl methyl sites for hydroxylation is 1. The van der Waals surface area contributed by atoms with Gasteiger partial charge in [0.1, 0.15) is 0 Å². The van der Waals surface area contributed by atoms with Gasteiger partial charge in [-0.1, -0.05) is 35.9 Å². The van der Waals surface area contributed by atoms with Gasteiger partial charge >= 0.3 is 0 Å². The van der Waals surface area contributed by atoms with Crippen LogP contribution in [0.5, 0.6) is 0 Å². The van der Waals surface area contributed by atoms with Crippen LogP contribution in [0, 0.1) is 12.8 Å². The number of fused-ring (bicyclic) bond motifs is 1. The summed E-state index contributed by atoms with van der Waals surface area (Å²) in [6.45, 7) is 1.95. The average Bonchev–Trinajstić information content (AvgIpc) is 3.28. The molecule has 4 rings (SSSR count). The number of benzene rings is 2. The Balaban J connectivity index is 1.88. The molecule has 0 bridgehead atoms. The molecule has 1 aliphatic carbocycles. The fourth-order valence-corrected chi connectivity index (χ4v) is 4.43. The molecule has 0 unspecified atom stereocenters. The standard InChI is InChI=1S/C19H19NO2S/c1-14-6-10-17(11-7-14)23(21,22)20-13-16(12-15-8-9-15)18-4-2-3-5-19(18)20/h2-7,10-11,13,15H,8-9,12H2,1H3. The van der Waals surface area contributed by atoms with E-state index in [0.717, 1.165) is 34.4 Å². The predicted molar refractivity (Wildman–Crippen MR) is 92.1 cm³/mol. The van der Waals surface area contributed by atoms with Gasteiger partial charge in [-0.3, -0.25) is 0 Å². The van der Waals surface area contributed by atoms with Crippen LogP contribution in [0.25, 0.3) is 10.9 Å². The first-order valence-corrected chi connectivity index (χ1v) is 9.41. The Morgan fingerprint density at radius 2 is 1.74 bits per heavy atom. The second-order valence-corrected chi connectivity index (χ2v) is 8.25. The van der Waals surface area contributed by atoms with Crippen molar-refractivity contribution in [3.8, 4) is 0 Å². The number of nitrogens with zero attached hydrogens (tertiary/aromatic N) is 1. The molecule has 1 heterocycles. The van der Waals surface area contributed by atoms with Crippen molar-refractivity contribution < 1.29 is 8.42 Å². The minimum Gasteiger partial charge on any atom is -0.241 e. The monoisotopic (exact) mass is 325 g/mol. The lowest BCUT2D eigenvalue weighted by Gasteiger charge is -2.07. The van der Waals surface area contributed by atoms with Crippen molar-refractivity contribution >= 4 is 20.9 Å². The maximum atomic E-state index is 13.0. The molecule has 0 aliphatic heterocycles. The van der Waals surface area contributed by atoms with Crippen molar-refractivity contribution in [2.75, 3.05) is 0 Å². The average molecular weight is 325 g/mol. The third-order valence-electron chi connectivity index (χ3n) is 4.54. The number of para-hydroxylation sites is 1. The zero-order valence-electron chi connectivity index (χ0n) is 13.1. The van der Waals surface area contributed by atoms with Gasteiger partial charge in [-0.2, -0.15) is 0 Å². The van der Waals surface area contributed by atoms with E-state index in [1.807, 2.05) is 49.5 Å². The lowest BCUT2D eigenvalue weighted by Crippen LogP contribution is -2.11. The molecule has 118 valence electrons. The first kappa shape index (κ1) is 14.5. The molecule has 1 aliphatic rings. The van der Waals surface area contributed by atoms with Crippen LogP contribution in [0.2, 0.25) is 0 Å². The van der Waals surface area contributed by atoms with E-state index in [2.05, 4.69) is 0 Å². The van der Waals surface area contributed by atoms with Gasteiger partial charge in [-0.05, 0) is 55.9 Å². The summed E-state index contributed by atoms with van der Waals surface area (Å²) in [5, 5.41) is 1.05. The molecule has 1 fully saturated rings. The quantitative estimate of drug-likeness (QED) is 0.723. The molecule has 2 aromatic carbocycles. The van der Waals surface area contributed by atoms with E-state index >= 15 is 0 Å². The summed E-state index contributed by atoms with van der Waals surface area (Å²) in [5.41, 5.74) is 2.96. The fraction of sp³-hybridized carbons (Fsp3) is 0.263. The Morgan fingerprint density at radius 1 is 1.04 bits per heavy atom. The molecule has 1 aromatic heterocycles. The minimum absolute atomic E-state index is 0.335. The normalized spacial score (nSPS) is 15.2. The van der Waals surface area contributed by atoms with Crippen molar-refractivity contribution in [2.24, 2.45) is 5.92 Å². The van der Waals surface area contributed by atoms with Crippen LogP contribution in [0.1, 0.15) is 24.0 Å². The summed E-state index contributed by atoms with van der Waals surface area (Å²) in [6.07, 6.45) is 5.30. The molecular weight excluding hydrogens is 306 g/mol. The summed E-state index contributed by atoms with van der Waals surface area (Å²) in [7, 11) is -3.56. The van der Waals surface area contributed by atoms with E-state index in [-0.39, 0.29) is 0 Å².